The molecule has 0 aliphatic heterocycles. The van der Waals surface area contributed by atoms with Gasteiger partial charge in [-0.05, 0) is 86.0 Å². The quantitative estimate of drug-likeness (QED) is 0.738. The number of nitrogens with one attached hydrogen (secondary N) is 2. The number of benzene rings is 1. The van der Waals surface area contributed by atoms with Crippen molar-refractivity contribution in [2.45, 2.75) is 44.9 Å². The average molecular weight is 384 g/mol. The number of amides is 2. The van der Waals surface area contributed by atoms with Crippen LogP contribution in [0.5, 0.6) is 0 Å². The summed E-state index contributed by atoms with van der Waals surface area (Å²) in [6.45, 7) is -0.275. The molecule has 1 aromatic rings. The lowest BCUT2D eigenvalue weighted by atomic mass is 9.49. The van der Waals surface area contributed by atoms with Gasteiger partial charge in [-0.2, -0.15) is 0 Å². The summed E-state index contributed by atoms with van der Waals surface area (Å²) in [4.78, 5) is 36.0. The summed E-state index contributed by atoms with van der Waals surface area (Å²) in [5, 5.41) is 5.24. The van der Waals surface area contributed by atoms with Crippen LogP contribution in [0.2, 0.25) is 0 Å². The molecule has 5 rings (SSSR count). The Morgan fingerprint density at radius 1 is 1.00 bits per heavy atom. The molecule has 28 heavy (non-hydrogen) atoms. The maximum Gasteiger partial charge on any atom is 0.306 e. The Morgan fingerprint density at radius 2 is 1.57 bits per heavy atom. The minimum absolute atomic E-state index is 0.123. The van der Waals surface area contributed by atoms with Crippen LogP contribution in [0.25, 0.3) is 0 Å². The van der Waals surface area contributed by atoms with Crippen LogP contribution < -0.4 is 10.6 Å². The molecule has 2 N–H and O–H groups in total. The summed E-state index contributed by atoms with van der Waals surface area (Å²) in [6, 6.07) is 6.57. The van der Waals surface area contributed by atoms with E-state index in [-0.39, 0.29) is 29.8 Å². The van der Waals surface area contributed by atoms with Gasteiger partial charge in [0.15, 0.2) is 6.61 Å². The van der Waals surface area contributed by atoms with E-state index < -0.39 is 0 Å². The highest BCUT2D eigenvalue weighted by molar-refractivity contribution is 5.96. The number of hydrogen-bond donors (Lipinski definition) is 2. The van der Waals surface area contributed by atoms with Crippen molar-refractivity contribution in [2.75, 3.05) is 19.0 Å². The maximum absolute atomic E-state index is 12.4. The van der Waals surface area contributed by atoms with E-state index in [0.29, 0.717) is 17.7 Å². The van der Waals surface area contributed by atoms with E-state index in [2.05, 4.69) is 10.6 Å². The van der Waals surface area contributed by atoms with Crippen LogP contribution >= 0.6 is 0 Å². The highest BCUT2D eigenvalue weighted by atomic mass is 16.5. The van der Waals surface area contributed by atoms with Gasteiger partial charge in [-0.1, -0.05) is 0 Å². The van der Waals surface area contributed by atoms with E-state index in [0.717, 1.165) is 37.0 Å². The van der Waals surface area contributed by atoms with Gasteiger partial charge in [0.2, 0.25) is 0 Å². The van der Waals surface area contributed by atoms with E-state index in [1.165, 1.54) is 19.3 Å². The monoisotopic (exact) mass is 384 g/mol. The predicted molar refractivity (Wildman–Crippen MR) is 105 cm³/mol. The summed E-state index contributed by atoms with van der Waals surface area (Å²) in [6.07, 6.45) is 7.93. The van der Waals surface area contributed by atoms with Crippen molar-refractivity contribution in [1.29, 1.82) is 0 Å². The zero-order valence-corrected chi connectivity index (χ0v) is 16.3. The number of carbonyl (C=O) groups is 3. The zero-order chi connectivity index (χ0) is 19.7. The van der Waals surface area contributed by atoms with Crippen LogP contribution in [0, 0.1) is 23.2 Å². The average Bonchev–Trinajstić information content (AvgIpc) is 2.65. The molecular weight excluding hydrogens is 356 g/mol. The Hall–Kier alpha value is -2.37. The Bertz CT molecular complexity index is 736. The molecule has 6 nitrogen and oxygen atoms in total. The van der Waals surface area contributed by atoms with Gasteiger partial charge in [0.25, 0.3) is 11.8 Å². The third kappa shape index (κ3) is 4.05. The lowest BCUT2D eigenvalue weighted by Gasteiger charge is -2.56. The normalized spacial score (nSPS) is 30.0. The highest BCUT2D eigenvalue weighted by Crippen LogP contribution is 2.61. The van der Waals surface area contributed by atoms with Crippen LogP contribution in [-0.2, 0) is 14.3 Å². The van der Waals surface area contributed by atoms with Gasteiger partial charge in [0.05, 0.1) is 6.42 Å². The van der Waals surface area contributed by atoms with Crippen LogP contribution in [0.4, 0.5) is 5.69 Å². The number of hydrogen-bond acceptors (Lipinski definition) is 4. The number of rotatable bonds is 6. The maximum atomic E-state index is 12.4. The smallest absolute Gasteiger partial charge is 0.306 e. The first-order valence-corrected chi connectivity index (χ1v) is 10.2. The Morgan fingerprint density at radius 3 is 2.11 bits per heavy atom. The van der Waals surface area contributed by atoms with Gasteiger partial charge in [0, 0.05) is 18.3 Å². The van der Waals surface area contributed by atoms with Crippen molar-refractivity contribution in [3.05, 3.63) is 29.8 Å². The van der Waals surface area contributed by atoms with E-state index in [1.54, 1.807) is 31.3 Å². The fourth-order valence-corrected chi connectivity index (χ4v) is 6.06. The first-order valence-electron chi connectivity index (χ1n) is 10.2. The number of carbonyl (C=O) groups excluding carboxylic acids is 3. The molecule has 0 aromatic heterocycles. The largest absolute Gasteiger partial charge is 0.456 e. The molecule has 0 unspecified atom stereocenters. The Labute approximate surface area is 165 Å². The summed E-state index contributed by atoms with van der Waals surface area (Å²) in [7, 11) is 1.57. The molecule has 0 radical (unpaired) electrons. The van der Waals surface area contributed by atoms with Gasteiger partial charge in [-0.25, -0.2) is 0 Å². The molecule has 4 aliphatic carbocycles. The fourth-order valence-electron chi connectivity index (χ4n) is 6.06. The molecule has 1 aromatic carbocycles. The molecule has 4 fully saturated rings. The van der Waals surface area contributed by atoms with Gasteiger partial charge >= 0.3 is 5.97 Å². The number of ether oxygens (including phenoxy) is 1. The Kier molecular flexibility index (Phi) is 5.13. The molecule has 0 atom stereocenters. The molecule has 4 aliphatic rings. The third-order valence-corrected chi connectivity index (χ3v) is 6.71. The summed E-state index contributed by atoms with van der Waals surface area (Å²) in [5.41, 5.74) is 1.20. The molecule has 4 saturated carbocycles. The van der Waals surface area contributed by atoms with E-state index in [4.69, 9.17) is 4.74 Å². The third-order valence-electron chi connectivity index (χ3n) is 6.71. The van der Waals surface area contributed by atoms with Gasteiger partial charge in [-0.15, -0.1) is 0 Å². The van der Waals surface area contributed by atoms with Gasteiger partial charge in [-0.3, -0.25) is 14.4 Å². The fraction of sp³-hybridized carbons (Fsp3) is 0.591. The van der Waals surface area contributed by atoms with Crippen molar-refractivity contribution in [1.82, 2.24) is 5.32 Å². The summed E-state index contributed by atoms with van der Waals surface area (Å²) >= 11 is 0. The molecule has 150 valence electrons. The number of esters is 1. The SMILES string of the molecule is CNC(=O)c1ccc(NC(=O)COC(=O)CC23CC4CC(CC(C4)C2)C3)cc1. The molecule has 2 amide bonds. The van der Waals surface area contributed by atoms with Crippen molar-refractivity contribution in [3.63, 3.8) is 0 Å². The van der Waals surface area contributed by atoms with Crippen LogP contribution in [-0.4, -0.2) is 31.4 Å². The molecule has 0 spiro atoms. The van der Waals surface area contributed by atoms with E-state index in [1.807, 2.05) is 0 Å². The second-order valence-electron chi connectivity index (χ2n) is 8.96. The highest BCUT2D eigenvalue weighted by Gasteiger charge is 2.51. The lowest BCUT2D eigenvalue weighted by molar-refractivity contribution is -0.154. The Balaban J connectivity index is 1.25. The zero-order valence-electron chi connectivity index (χ0n) is 16.3. The first kappa shape index (κ1) is 19.0. The molecule has 0 saturated heterocycles. The van der Waals surface area contributed by atoms with Gasteiger partial charge < -0.3 is 15.4 Å². The van der Waals surface area contributed by atoms with Crippen LogP contribution in [0.15, 0.2) is 24.3 Å². The van der Waals surface area contributed by atoms with E-state index in [9.17, 15) is 14.4 Å². The topological polar surface area (TPSA) is 84.5 Å². The van der Waals surface area contributed by atoms with Crippen molar-refractivity contribution >= 4 is 23.5 Å². The first-order chi connectivity index (χ1) is 13.4. The minimum Gasteiger partial charge on any atom is -0.456 e. The number of anilines is 1. The predicted octanol–water partition coefficient (Wildman–Crippen LogP) is 3.13. The summed E-state index contributed by atoms with van der Waals surface area (Å²) < 4.78 is 5.28. The van der Waals surface area contributed by atoms with Gasteiger partial charge in [0.1, 0.15) is 0 Å². The van der Waals surface area contributed by atoms with Crippen LogP contribution in [0.1, 0.15) is 55.3 Å². The van der Waals surface area contributed by atoms with Crippen molar-refractivity contribution < 1.29 is 19.1 Å². The molecule has 4 bridgehead atoms. The van der Waals surface area contributed by atoms with Crippen molar-refractivity contribution in [2.24, 2.45) is 23.2 Å². The lowest BCUT2D eigenvalue weighted by Crippen LogP contribution is -2.47. The second kappa shape index (κ2) is 7.57. The molecule has 6 heteroatoms. The van der Waals surface area contributed by atoms with Crippen molar-refractivity contribution in [3.8, 4) is 0 Å². The minimum atomic E-state index is -0.369. The standard InChI is InChI=1S/C22H28N2O4/c1-23-21(27)17-2-4-18(5-3-17)24-19(25)13-28-20(26)12-22-9-14-6-15(10-22)8-16(7-14)11-22/h2-5,14-16H,6-13H2,1H3,(H,23,27)(H,24,25). The van der Waals surface area contributed by atoms with Crippen LogP contribution in [0.3, 0.4) is 0 Å². The van der Waals surface area contributed by atoms with E-state index >= 15 is 0 Å². The molecular formula is C22H28N2O4. The second-order valence-corrected chi connectivity index (χ2v) is 8.96. The summed E-state index contributed by atoms with van der Waals surface area (Å²) in [5.74, 6) is 1.57. The molecule has 0 heterocycles.